The highest BCUT2D eigenvalue weighted by Crippen LogP contribution is 2.25. The molecule has 0 spiro atoms. The predicted molar refractivity (Wildman–Crippen MR) is 103 cm³/mol. The third-order valence-corrected chi connectivity index (χ3v) is 5.23. The minimum Gasteiger partial charge on any atom is -0.497 e. The fraction of sp³-hybridized carbons (Fsp3) is 0.476. The highest BCUT2D eigenvalue weighted by atomic mass is 16.5. The Balaban J connectivity index is 1.77. The van der Waals surface area contributed by atoms with E-state index in [1.54, 1.807) is 7.11 Å². The van der Waals surface area contributed by atoms with E-state index in [4.69, 9.17) is 13.9 Å². The summed E-state index contributed by atoms with van der Waals surface area (Å²) in [6.45, 7) is 9.26. The van der Waals surface area contributed by atoms with E-state index in [9.17, 15) is 4.79 Å². The number of furan rings is 1. The summed E-state index contributed by atoms with van der Waals surface area (Å²) < 4.78 is 16.4. The van der Waals surface area contributed by atoms with Crippen molar-refractivity contribution in [2.24, 2.45) is 0 Å². The fourth-order valence-corrected chi connectivity index (χ4v) is 3.58. The van der Waals surface area contributed by atoms with Gasteiger partial charge in [0.2, 0.25) is 0 Å². The van der Waals surface area contributed by atoms with Crippen LogP contribution < -0.4 is 10.1 Å². The maximum absolute atomic E-state index is 12.8. The molecule has 1 aliphatic heterocycles. The maximum atomic E-state index is 12.8. The Labute approximate surface area is 160 Å². The number of carbonyl (C=O) groups is 1. The van der Waals surface area contributed by atoms with Crippen molar-refractivity contribution in [3.05, 3.63) is 52.5 Å². The van der Waals surface area contributed by atoms with Crippen LogP contribution in [0.2, 0.25) is 0 Å². The molecule has 2 heterocycles. The van der Waals surface area contributed by atoms with Crippen LogP contribution in [0.25, 0.3) is 0 Å². The van der Waals surface area contributed by atoms with Gasteiger partial charge in [-0.05, 0) is 38.5 Å². The molecule has 6 heteroatoms. The molecule has 0 radical (unpaired) electrons. The molecule has 1 unspecified atom stereocenters. The van der Waals surface area contributed by atoms with Crippen LogP contribution >= 0.6 is 0 Å². The zero-order chi connectivity index (χ0) is 19.4. The van der Waals surface area contributed by atoms with E-state index in [1.165, 1.54) is 0 Å². The molecule has 1 aliphatic rings. The van der Waals surface area contributed by atoms with Gasteiger partial charge in [0.1, 0.15) is 17.3 Å². The summed E-state index contributed by atoms with van der Waals surface area (Å²) in [6.07, 6.45) is 0. The quantitative estimate of drug-likeness (QED) is 0.844. The lowest BCUT2D eigenvalue weighted by Gasteiger charge is -2.35. The van der Waals surface area contributed by atoms with E-state index in [0.29, 0.717) is 31.1 Å². The number of nitrogens with zero attached hydrogens (tertiary/aromatic N) is 1. The molecule has 1 amide bonds. The fourth-order valence-electron chi connectivity index (χ4n) is 3.58. The number of benzene rings is 1. The third kappa shape index (κ3) is 4.34. The number of carbonyl (C=O) groups excluding carboxylic acids is 1. The third-order valence-electron chi connectivity index (χ3n) is 5.23. The second-order valence-corrected chi connectivity index (χ2v) is 6.86. The summed E-state index contributed by atoms with van der Waals surface area (Å²) in [4.78, 5) is 15.1. The summed E-state index contributed by atoms with van der Waals surface area (Å²) in [7, 11) is 1.66. The number of hydrogen-bond donors (Lipinski definition) is 1. The summed E-state index contributed by atoms with van der Waals surface area (Å²) in [5, 5.41) is 3.11. The SMILES string of the molecule is COc1ccc(C(CNC(=O)c2c(C)oc(C)c2C)N2CCOCC2)cc1. The monoisotopic (exact) mass is 372 g/mol. The van der Waals surface area contributed by atoms with Crippen molar-refractivity contribution in [3.63, 3.8) is 0 Å². The molecule has 1 fully saturated rings. The maximum Gasteiger partial charge on any atom is 0.255 e. The first-order valence-corrected chi connectivity index (χ1v) is 9.31. The lowest BCUT2D eigenvalue weighted by Crippen LogP contribution is -2.43. The van der Waals surface area contributed by atoms with Gasteiger partial charge in [-0.1, -0.05) is 12.1 Å². The van der Waals surface area contributed by atoms with E-state index < -0.39 is 0 Å². The minimum atomic E-state index is -0.0892. The summed E-state index contributed by atoms with van der Waals surface area (Å²) in [5.74, 6) is 2.18. The Morgan fingerprint density at radius 2 is 1.81 bits per heavy atom. The van der Waals surface area contributed by atoms with E-state index in [2.05, 4.69) is 22.3 Å². The van der Waals surface area contributed by atoms with Gasteiger partial charge in [0, 0.05) is 25.2 Å². The van der Waals surface area contributed by atoms with Crippen molar-refractivity contribution in [3.8, 4) is 5.75 Å². The van der Waals surface area contributed by atoms with Crippen molar-refractivity contribution < 1.29 is 18.7 Å². The Morgan fingerprint density at radius 1 is 1.15 bits per heavy atom. The van der Waals surface area contributed by atoms with Crippen LogP contribution in [0.15, 0.2) is 28.7 Å². The molecule has 0 bridgehead atoms. The van der Waals surface area contributed by atoms with Gasteiger partial charge >= 0.3 is 0 Å². The lowest BCUT2D eigenvalue weighted by atomic mass is 10.0. The van der Waals surface area contributed by atoms with Crippen molar-refractivity contribution in [1.82, 2.24) is 10.2 Å². The second kappa shape index (κ2) is 8.59. The number of morpholine rings is 1. The van der Waals surface area contributed by atoms with Crippen LogP contribution in [0, 0.1) is 20.8 Å². The number of methoxy groups -OCH3 is 1. The highest BCUT2D eigenvalue weighted by Gasteiger charge is 2.25. The van der Waals surface area contributed by atoms with Crippen molar-refractivity contribution in [1.29, 1.82) is 0 Å². The molecule has 1 saturated heterocycles. The second-order valence-electron chi connectivity index (χ2n) is 6.86. The van der Waals surface area contributed by atoms with Crippen molar-refractivity contribution in [2.75, 3.05) is 40.0 Å². The Bertz CT molecular complexity index is 776. The topological polar surface area (TPSA) is 63.9 Å². The molecule has 2 aromatic rings. The molecule has 27 heavy (non-hydrogen) atoms. The molecule has 1 aromatic carbocycles. The van der Waals surface area contributed by atoms with Crippen LogP contribution in [-0.2, 0) is 4.74 Å². The normalized spacial score (nSPS) is 16.1. The van der Waals surface area contributed by atoms with Crippen molar-refractivity contribution >= 4 is 5.91 Å². The average Bonchev–Trinajstić information content (AvgIpc) is 2.95. The number of aryl methyl sites for hydroxylation is 2. The average molecular weight is 372 g/mol. The van der Waals surface area contributed by atoms with E-state index in [-0.39, 0.29) is 11.9 Å². The predicted octanol–water partition coefficient (Wildman–Crippen LogP) is 3.02. The van der Waals surface area contributed by atoms with Crippen LogP contribution in [0.3, 0.4) is 0 Å². The molecule has 0 saturated carbocycles. The Hall–Kier alpha value is -2.31. The van der Waals surface area contributed by atoms with Crippen molar-refractivity contribution in [2.45, 2.75) is 26.8 Å². The molecular weight excluding hydrogens is 344 g/mol. The highest BCUT2D eigenvalue weighted by molar-refractivity contribution is 5.96. The molecule has 0 aliphatic carbocycles. The first-order chi connectivity index (χ1) is 13.0. The smallest absolute Gasteiger partial charge is 0.255 e. The molecule has 6 nitrogen and oxygen atoms in total. The lowest BCUT2D eigenvalue weighted by molar-refractivity contribution is 0.0162. The summed E-state index contributed by atoms with van der Waals surface area (Å²) in [5.41, 5.74) is 2.69. The Morgan fingerprint density at radius 3 is 2.37 bits per heavy atom. The zero-order valence-corrected chi connectivity index (χ0v) is 16.5. The van der Waals surface area contributed by atoms with Gasteiger partial charge in [0.25, 0.3) is 5.91 Å². The molecular formula is C21H28N2O4. The largest absolute Gasteiger partial charge is 0.497 e. The molecule has 1 N–H and O–H groups in total. The van der Waals surface area contributed by atoms with Gasteiger partial charge in [-0.15, -0.1) is 0 Å². The van der Waals surface area contributed by atoms with Gasteiger partial charge < -0.3 is 19.2 Å². The van der Waals surface area contributed by atoms with Gasteiger partial charge in [-0.2, -0.15) is 0 Å². The number of nitrogens with one attached hydrogen (secondary N) is 1. The van der Waals surface area contributed by atoms with Crippen LogP contribution in [0.4, 0.5) is 0 Å². The molecule has 1 aromatic heterocycles. The molecule has 3 rings (SSSR count). The number of rotatable bonds is 6. The van der Waals surface area contributed by atoms with Gasteiger partial charge in [0.05, 0.1) is 31.9 Å². The van der Waals surface area contributed by atoms with E-state index in [1.807, 2.05) is 32.9 Å². The number of ether oxygens (including phenoxy) is 2. The van der Waals surface area contributed by atoms with Gasteiger partial charge in [0.15, 0.2) is 0 Å². The standard InChI is InChI=1S/C21H28N2O4/c1-14-15(2)27-16(3)20(14)21(24)22-13-19(23-9-11-26-12-10-23)17-5-7-18(25-4)8-6-17/h5-8,19H,9-13H2,1-4H3,(H,22,24). The summed E-state index contributed by atoms with van der Waals surface area (Å²) >= 11 is 0. The van der Waals surface area contributed by atoms with Gasteiger partial charge in [-0.25, -0.2) is 0 Å². The van der Waals surface area contributed by atoms with Crippen LogP contribution in [0.5, 0.6) is 5.75 Å². The first kappa shape index (κ1) is 19.5. The summed E-state index contributed by atoms with van der Waals surface area (Å²) in [6, 6.07) is 8.11. The molecule has 1 atom stereocenters. The zero-order valence-electron chi connectivity index (χ0n) is 16.5. The van der Waals surface area contributed by atoms with Crippen LogP contribution in [-0.4, -0.2) is 50.8 Å². The van der Waals surface area contributed by atoms with E-state index in [0.717, 1.165) is 35.7 Å². The van der Waals surface area contributed by atoms with E-state index >= 15 is 0 Å². The van der Waals surface area contributed by atoms with Gasteiger partial charge in [-0.3, -0.25) is 9.69 Å². The minimum absolute atomic E-state index is 0.0809. The number of amides is 1. The number of hydrogen-bond acceptors (Lipinski definition) is 5. The van der Waals surface area contributed by atoms with Crippen LogP contribution in [0.1, 0.15) is 39.0 Å². The molecule has 146 valence electrons. The Kier molecular flexibility index (Phi) is 6.19. The first-order valence-electron chi connectivity index (χ1n) is 9.31.